The number of nitrogens with zero attached hydrogens (tertiary/aromatic N) is 2. The fourth-order valence-corrected chi connectivity index (χ4v) is 4.95. The Hall–Kier alpha value is -3.19. The third kappa shape index (κ3) is 3.88. The molecule has 0 spiro atoms. The van der Waals surface area contributed by atoms with Crippen molar-refractivity contribution in [1.82, 2.24) is 14.8 Å². The largest absolute Gasteiger partial charge is 0.348 e. The Kier molecular flexibility index (Phi) is 5.77. The number of hydrogen-bond acceptors (Lipinski definition) is 4. The molecule has 0 saturated carbocycles. The van der Waals surface area contributed by atoms with Crippen LogP contribution in [0.2, 0.25) is 0 Å². The van der Waals surface area contributed by atoms with Crippen molar-refractivity contribution < 1.29 is 14.4 Å². The molecule has 0 unspecified atom stereocenters. The molecule has 2 aromatic heterocycles. The monoisotopic (exact) mass is 449 g/mol. The highest BCUT2D eigenvalue weighted by Gasteiger charge is 2.49. The van der Waals surface area contributed by atoms with Crippen LogP contribution in [0.5, 0.6) is 0 Å². The highest BCUT2D eigenvalue weighted by atomic mass is 32.1. The minimum atomic E-state index is -1.18. The summed E-state index contributed by atoms with van der Waals surface area (Å²) in [6, 6.07) is 12.9. The number of Topliss-reactive ketones (excluding diaryl/α,β-unsaturated/α-hetero) is 1. The molecule has 6 nitrogen and oxygen atoms in total. The average Bonchev–Trinajstić information content (AvgIpc) is 3.42. The second-order valence-electron chi connectivity index (χ2n) is 8.50. The van der Waals surface area contributed by atoms with E-state index in [1.165, 1.54) is 4.88 Å². The molecule has 32 heavy (non-hydrogen) atoms. The summed E-state index contributed by atoms with van der Waals surface area (Å²) in [5, 5.41) is 4.83. The number of aromatic nitrogens is 1. The molecule has 1 saturated heterocycles. The Morgan fingerprint density at radius 3 is 2.47 bits per heavy atom. The quantitative estimate of drug-likeness (QED) is 0.430. The van der Waals surface area contributed by atoms with Crippen molar-refractivity contribution in [3.63, 3.8) is 0 Å². The van der Waals surface area contributed by atoms with Gasteiger partial charge in [0.1, 0.15) is 5.54 Å². The number of urea groups is 1. The number of nitrogens with one attached hydrogen (secondary N) is 1. The first-order chi connectivity index (χ1) is 15.2. The van der Waals surface area contributed by atoms with Gasteiger partial charge in [0, 0.05) is 28.4 Å². The van der Waals surface area contributed by atoms with E-state index in [0.29, 0.717) is 11.1 Å². The number of aryl methyl sites for hydroxylation is 3. The number of benzene rings is 1. The summed E-state index contributed by atoms with van der Waals surface area (Å²) < 4.78 is 2.12. The fourth-order valence-electron chi connectivity index (χ4n) is 4.26. The van der Waals surface area contributed by atoms with E-state index < -0.39 is 17.5 Å². The molecule has 0 aliphatic carbocycles. The molecule has 1 aromatic carbocycles. The lowest BCUT2D eigenvalue weighted by Crippen LogP contribution is -2.41. The van der Waals surface area contributed by atoms with Crippen LogP contribution >= 0.6 is 11.3 Å². The van der Waals surface area contributed by atoms with Gasteiger partial charge in [0.25, 0.3) is 5.91 Å². The zero-order chi connectivity index (χ0) is 23.0. The zero-order valence-electron chi connectivity index (χ0n) is 18.8. The van der Waals surface area contributed by atoms with Gasteiger partial charge in [0.15, 0.2) is 5.78 Å². The molecule has 0 radical (unpaired) electrons. The molecule has 3 amide bonds. The van der Waals surface area contributed by atoms with Gasteiger partial charge in [-0.1, -0.05) is 35.9 Å². The molecule has 1 atom stereocenters. The second kappa shape index (κ2) is 8.39. The number of amides is 3. The van der Waals surface area contributed by atoms with Crippen molar-refractivity contribution in [3.8, 4) is 0 Å². The number of carbonyl (C=O) groups is 3. The zero-order valence-corrected chi connectivity index (χ0v) is 19.6. The van der Waals surface area contributed by atoms with E-state index in [1.54, 1.807) is 18.3 Å². The van der Waals surface area contributed by atoms with Crippen LogP contribution in [0.3, 0.4) is 0 Å². The molecule has 3 aromatic rings. The summed E-state index contributed by atoms with van der Waals surface area (Å²) in [6.45, 7) is 8.03. The number of carbonyl (C=O) groups excluding carboxylic acids is 3. The van der Waals surface area contributed by atoms with E-state index in [2.05, 4.69) is 21.3 Å². The van der Waals surface area contributed by atoms with Crippen molar-refractivity contribution in [2.24, 2.45) is 0 Å². The van der Waals surface area contributed by atoms with E-state index in [0.717, 1.165) is 34.8 Å². The normalized spacial score (nSPS) is 18.3. The summed E-state index contributed by atoms with van der Waals surface area (Å²) in [7, 11) is 0. The van der Waals surface area contributed by atoms with Gasteiger partial charge in [-0.3, -0.25) is 14.5 Å². The van der Waals surface area contributed by atoms with Gasteiger partial charge in [-0.25, -0.2) is 4.79 Å². The second-order valence-corrected chi connectivity index (χ2v) is 9.53. The van der Waals surface area contributed by atoms with Gasteiger partial charge in [0.05, 0.1) is 6.54 Å². The van der Waals surface area contributed by atoms with Crippen LogP contribution in [0, 0.1) is 20.8 Å². The number of thiophene rings is 1. The Morgan fingerprint density at radius 2 is 1.81 bits per heavy atom. The van der Waals surface area contributed by atoms with Crippen LogP contribution < -0.4 is 5.32 Å². The van der Waals surface area contributed by atoms with E-state index in [1.807, 2.05) is 57.2 Å². The van der Waals surface area contributed by atoms with Crippen LogP contribution in [0.1, 0.15) is 44.7 Å². The summed E-state index contributed by atoms with van der Waals surface area (Å²) in [5.41, 5.74) is 2.99. The summed E-state index contributed by atoms with van der Waals surface area (Å²) in [4.78, 5) is 41.2. The van der Waals surface area contributed by atoms with Crippen molar-refractivity contribution in [2.45, 2.75) is 46.2 Å². The van der Waals surface area contributed by atoms with Gasteiger partial charge in [-0.05, 0) is 57.2 Å². The molecule has 1 aliphatic rings. The Bertz CT molecular complexity index is 1180. The SMILES string of the molecule is Cc1ccc([C@@]2(C)NC(=O)N(CC(=O)c3cc(C)n(CCc4cccs4)c3C)C2=O)cc1. The lowest BCUT2D eigenvalue weighted by atomic mass is 9.91. The average molecular weight is 450 g/mol. The van der Waals surface area contributed by atoms with E-state index in [-0.39, 0.29) is 12.3 Å². The van der Waals surface area contributed by atoms with Crippen molar-refractivity contribution in [3.05, 3.63) is 80.8 Å². The van der Waals surface area contributed by atoms with Crippen LogP contribution in [-0.2, 0) is 23.3 Å². The molecular weight excluding hydrogens is 422 g/mol. The van der Waals surface area contributed by atoms with E-state index in [9.17, 15) is 14.4 Å². The van der Waals surface area contributed by atoms with Gasteiger partial charge in [0.2, 0.25) is 0 Å². The molecule has 1 fully saturated rings. The lowest BCUT2D eigenvalue weighted by molar-refractivity contribution is -0.130. The fraction of sp³-hybridized carbons (Fsp3) is 0.320. The molecule has 1 N–H and O–H groups in total. The molecule has 3 heterocycles. The Morgan fingerprint density at radius 1 is 1.09 bits per heavy atom. The van der Waals surface area contributed by atoms with Crippen LogP contribution in [0.4, 0.5) is 4.79 Å². The smallest absolute Gasteiger partial charge is 0.325 e. The first kappa shape index (κ1) is 22.0. The van der Waals surface area contributed by atoms with E-state index in [4.69, 9.17) is 0 Å². The molecule has 7 heteroatoms. The molecule has 0 bridgehead atoms. The van der Waals surface area contributed by atoms with Crippen molar-refractivity contribution in [2.75, 3.05) is 6.54 Å². The number of ketones is 1. The summed E-state index contributed by atoms with van der Waals surface area (Å²) in [5.74, 6) is -0.650. The Labute approximate surface area is 191 Å². The van der Waals surface area contributed by atoms with Gasteiger partial charge < -0.3 is 9.88 Å². The first-order valence-electron chi connectivity index (χ1n) is 10.6. The van der Waals surface area contributed by atoms with Crippen molar-refractivity contribution in [1.29, 1.82) is 0 Å². The topological polar surface area (TPSA) is 71.4 Å². The van der Waals surface area contributed by atoms with Crippen molar-refractivity contribution >= 4 is 29.1 Å². The summed E-state index contributed by atoms with van der Waals surface area (Å²) in [6.07, 6.45) is 0.892. The lowest BCUT2D eigenvalue weighted by Gasteiger charge is -2.22. The molecule has 166 valence electrons. The predicted octanol–water partition coefficient (Wildman–Crippen LogP) is 4.37. The predicted molar refractivity (Wildman–Crippen MR) is 125 cm³/mol. The van der Waals surface area contributed by atoms with Crippen LogP contribution in [-0.4, -0.2) is 33.7 Å². The highest BCUT2D eigenvalue weighted by molar-refractivity contribution is 7.09. The van der Waals surface area contributed by atoms with Gasteiger partial charge >= 0.3 is 6.03 Å². The minimum absolute atomic E-state index is 0.239. The molecular formula is C25H27N3O3S. The molecule has 4 rings (SSSR count). The number of rotatable bonds is 7. The molecule has 1 aliphatic heterocycles. The minimum Gasteiger partial charge on any atom is -0.348 e. The van der Waals surface area contributed by atoms with E-state index >= 15 is 0 Å². The number of hydrogen-bond donors (Lipinski definition) is 1. The third-order valence-electron chi connectivity index (χ3n) is 6.24. The van der Waals surface area contributed by atoms with Gasteiger partial charge in [-0.2, -0.15) is 0 Å². The number of imide groups is 1. The van der Waals surface area contributed by atoms with Crippen LogP contribution in [0.25, 0.3) is 0 Å². The third-order valence-corrected chi connectivity index (χ3v) is 7.18. The van der Waals surface area contributed by atoms with Gasteiger partial charge in [-0.15, -0.1) is 11.3 Å². The summed E-state index contributed by atoms with van der Waals surface area (Å²) >= 11 is 1.72. The van der Waals surface area contributed by atoms with Crippen LogP contribution in [0.15, 0.2) is 47.8 Å². The maximum absolute atomic E-state index is 13.2. The standard InChI is InChI=1S/C25H27N3O3S/c1-16-7-9-19(10-8-16)25(4)23(30)28(24(31)26-25)15-22(29)21-14-17(2)27(18(21)3)12-11-20-6-5-13-32-20/h5-10,13-14H,11-12,15H2,1-4H3,(H,26,31)/t25-/m1/s1. The highest BCUT2D eigenvalue weighted by Crippen LogP contribution is 2.29. The maximum atomic E-state index is 13.2. The Balaban J connectivity index is 1.51. The maximum Gasteiger partial charge on any atom is 0.325 e. The first-order valence-corrected chi connectivity index (χ1v) is 11.5.